The van der Waals surface area contributed by atoms with E-state index in [-0.39, 0.29) is 18.0 Å². The number of pyridine rings is 1. The Morgan fingerprint density at radius 3 is 2.95 bits per heavy atom. The van der Waals surface area contributed by atoms with Gasteiger partial charge in [0, 0.05) is 24.4 Å². The van der Waals surface area contributed by atoms with Crippen molar-refractivity contribution in [2.45, 2.75) is 45.2 Å². The SMILES string of the molecule is Cc1nc(C)c(C(=O)N2[C@H]3CC[C@H]2c2cc(Cl)cnc2C3)s1. The monoisotopic (exact) mass is 333 g/mol. The van der Waals surface area contributed by atoms with Crippen LogP contribution >= 0.6 is 22.9 Å². The second-order valence-corrected chi connectivity index (χ2v) is 7.64. The minimum atomic E-state index is 0.106. The Balaban J connectivity index is 1.75. The van der Waals surface area contributed by atoms with E-state index in [4.69, 9.17) is 11.6 Å². The highest BCUT2D eigenvalue weighted by Crippen LogP contribution is 2.44. The maximum Gasteiger partial charge on any atom is 0.266 e. The number of fused-ring (bicyclic) bond motifs is 4. The van der Waals surface area contributed by atoms with Gasteiger partial charge in [-0.05, 0) is 38.3 Å². The van der Waals surface area contributed by atoms with Gasteiger partial charge >= 0.3 is 0 Å². The third-order valence-electron chi connectivity index (χ3n) is 4.59. The normalized spacial score (nSPS) is 22.8. The first-order valence-corrected chi connectivity index (χ1v) is 8.65. The van der Waals surface area contributed by atoms with Crippen molar-refractivity contribution in [3.8, 4) is 0 Å². The molecular weight excluding hydrogens is 318 g/mol. The van der Waals surface area contributed by atoms with Gasteiger partial charge in [-0.3, -0.25) is 9.78 Å². The summed E-state index contributed by atoms with van der Waals surface area (Å²) in [6, 6.07) is 2.33. The molecule has 0 radical (unpaired) electrons. The number of aromatic nitrogens is 2. The van der Waals surface area contributed by atoms with Crippen molar-refractivity contribution in [1.82, 2.24) is 14.9 Å². The minimum absolute atomic E-state index is 0.106. The number of halogens is 1. The summed E-state index contributed by atoms with van der Waals surface area (Å²) < 4.78 is 0. The zero-order valence-electron chi connectivity index (χ0n) is 12.5. The van der Waals surface area contributed by atoms with Crippen molar-refractivity contribution >= 4 is 28.8 Å². The van der Waals surface area contributed by atoms with Gasteiger partial charge in [0.2, 0.25) is 0 Å². The molecule has 0 saturated carbocycles. The van der Waals surface area contributed by atoms with Gasteiger partial charge in [-0.25, -0.2) is 4.98 Å². The molecule has 0 spiro atoms. The van der Waals surface area contributed by atoms with Crippen LogP contribution in [-0.4, -0.2) is 26.8 Å². The van der Waals surface area contributed by atoms with Crippen LogP contribution in [-0.2, 0) is 6.42 Å². The molecular formula is C16H16ClN3OS. The molecule has 0 aromatic carbocycles. The number of carbonyl (C=O) groups is 1. The first-order chi connectivity index (χ1) is 10.5. The third-order valence-corrected chi connectivity index (χ3v) is 5.86. The van der Waals surface area contributed by atoms with Crippen molar-refractivity contribution in [1.29, 1.82) is 0 Å². The summed E-state index contributed by atoms with van der Waals surface area (Å²) in [6.45, 7) is 3.85. The Morgan fingerprint density at radius 1 is 1.41 bits per heavy atom. The number of nitrogens with zero attached hydrogens (tertiary/aromatic N) is 3. The van der Waals surface area contributed by atoms with Gasteiger partial charge in [0.05, 0.1) is 21.8 Å². The predicted molar refractivity (Wildman–Crippen MR) is 86.5 cm³/mol. The number of hydrogen-bond donors (Lipinski definition) is 0. The van der Waals surface area contributed by atoms with Crippen LogP contribution in [0.1, 0.15) is 50.5 Å². The molecule has 22 heavy (non-hydrogen) atoms. The molecule has 4 nitrogen and oxygen atoms in total. The molecule has 2 aliphatic rings. The Kier molecular flexibility index (Phi) is 3.24. The fourth-order valence-corrected chi connectivity index (χ4v) is 4.74. The Labute approximate surface area is 138 Å². The quantitative estimate of drug-likeness (QED) is 0.799. The summed E-state index contributed by atoms with van der Waals surface area (Å²) in [4.78, 5) is 24.7. The first-order valence-electron chi connectivity index (χ1n) is 7.45. The van der Waals surface area contributed by atoms with Crippen LogP contribution in [0.25, 0.3) is 0 Å². The topological polar surface area (TPSA) is 46.1 Å². The van der Waals surface area contributed by atoms with Gasteiger partial charge in [0.25, 0.3) is 5.91 Å². The molecule has 4 heterocycles. The van der Waals surface area contributed by atoms with E-state index in [9.17, 15) is 4.79 Å². The lowest BCUT2D eigenvalue weighted by molar-refractivity contribution is 0.0648. The van der Waals surface area contributed by atoms with Crippen molar-refractivity contribution in [3.05, 3.63) is 44.1 Å². The van der Waals surface area contributed by atoms with Crippen LogP contribution in [0.3, 0.4) is 0 Å². The van der Waals surface area contributed by atoms with Crippen molar-refractivity contribution in [2.24, 2.45) is 0 Å². The maximum atomic E-state index is 13.0. The number of carbonyl (C=O) groups excluding carboxylic acids is 1. The molecule has 1 fully saturated rings. The van der Waals surface area contributed by atoms with Gasteiger partial charge in [0.1, 0.15) is 4.88 Å². The molecule has 1 amide bonds. The highest BCUT2D eigenvalue weighted by molar-refractivity contribution is 7.13. The average molecular weight is 334 g/mol. The number of rotatable bonds is 1. The summed E-state index contributed by atoms with van der Waals surface area (Å²) in [5.41, 5.74) is 3.05. The summed E-state index contributed by atoms with van der Waals surface area (Å²) >= 11 is 7.60. The van der Waals surface area contributed by atoms with E-state index >= 15 is 0 Å². The molecule has 6 heteroatoms. The molecule has 4 rings (SSSR count). The largest absolute Gasteiger partial charge is 0.327 e. The average Bonchev–Trinajstić information content (AvgIpc) is 2.98. The molecule has 2 aliphatic heterocycles. The van der Waals surface area contributed by atoms with Crippen LogP contribution in [0.2, 0.25) is 5.02 Å². The van der Waals surface area contributed by atoms with E-state index in [2.05, 4.69) is 9.97 Å². The second-order valence-electron chi connectivity index (χ2n) is 6.00. The fourth-order valence-electron chi connectivity index (χ4n) is 3.71. The van der Waals surface area contributed by atoms with Crippen molar-refractivity contribution < 1.29 is 4.79 Å². The van der Waals surface area contributed by atoms with Crippen LogP contribution < -0.4 is 0 Å². The van der Waals surface area contributed by atoms with Gasteiger partial charge in [-0.1, -0.05) is 11.6 Å². The molecule has 114 valence electrons. The van der Waals surface area contributed by atoms with Crippen LogP contribution in [0.15, 0.2) is 12.3 Å². The fraction of sp³-hybridized carbons (Fsp3) is 0.438. The van der Waals surface area contributed by atoms with E-state index in [0.29, 0.717) is 5.02 Å². The molecule has 2 atom stereocenters. The number of aryl methyl sites for hydroxylation is 2. The van der Waals surface area contributed by atoms with Crippen LogP contribution in [0.4, 0.5) is 0 Å². The lowest BCUT2D eigenvalue weighted by Crippen LogP contribution is -2.42. The molecule has 0 N–H and O–H groups in total. The smallest absolute Gasteiger partial charge is 0.266 e. The van der Waals surface area contributed by atoms with Gasteiger partial charge in [0.15, 0.2) is 0 Å². The van der Waals surface area contributed by atoms with Crippen molar-refractivity contribution in [2.75, 3.05) is 0 Å². The summed E-state index contributed by atoms with van der Waals surface area (Å²) in [7, 11) is 0. The molecule has 2 aromatic heterocycles. The Bertz CT molecular complexity index is 773. The zero-order chi connectivity index (χ0) is 15.4. The van der Waals surface area contributed by atoms with Gasteiger partial charge in [-0.15, -0.1) is 11.3 Å². The van der Waals surface area contributed by atoms with Crippen molar-refractivity contribution in [3.63, 3.8) is 0 Å². The van der Waals surface area contributed by atoms with Crippen LogP contribution in [0, 0.1) is 13.8 Å². The minimum Gasteiger partial charge on any atom is -0.327 e. The van der Waals surface area contributed by atoms with Gasteiger partial charge in [-0.2, -0.15) is 0 Å². The highest BCUT2D eigenvalue weighted by Gasteiger charge is 2.44. The molecule has 2 aromatic rings. The molecule has 0 unspecified atom stereocenters. The summed E-state index contributed by atoms with van der Waals surface area (Å²) in [5, 5.41) is 1.58. The highest BCUT2D eigenvalue weighted by atomic mass is 35.5. The molecule has 1 saturated heterocycles. The Morgan fingerprint density at radius 2 is 2.23 bits per heavy atom. The zero-order valence-corrected chi connectivity index (χ0v) is 14.0. The summed E-state index contributed by atoms with van der Waals surface area (Å²) in [6.07, 6.45) is 4.54. The van der Waals surface area contributed by atoms with E-state index in [0.717, 1.165) is 46.1 Å². The second kappa shape index (κ2) is 5.03. The molecule has 2 bridgehead atoms. The van der Waals surface area contributed by atoms with Crippen LogP contribution in [0.5, 0.6) is 0 Å². The lowest BCUT2D eigenvalue weighted by atomic mass is 9.97. The predicted octanol–water partition coefficient (Wildman–Crippen LogP) is 3.71. The van der Waals surface area contributed by atoms with E-state index in [1.165, 1.54) is 11.3 Å². The van der Waals surface area contributed by atoms with E-state index in [1.54, 1.807) is 6.20 Å². The third kappa shape index (κ3) is 2.07. The van der Waals surface area contributed by atoms with Gasteiger partial charge < -0.3 is 4.90 Å². The van der Waals surface area contributed by atoms with E-state index < -0.39 is 0 Å². The molecule has 0 aliphatic carbocycles. The number of hydrogen-bond acceptors (Lipinski definition) is 4. The number of thiazole rings is 1. The lowest BCUT2D eigenvalue weighted by Gasteiger charge is -2.35. The van der Waals surface area contributed by atoms with E-state index in [1.807, 2.05) is 24.8 Å². The first kappa shape index (κ1) is 14.2. The summed E-state index contributed by atoms with van der Waals surface area (Å²) in [5.74, 6) is 0.112. The Hall–Kier alpha value is -1.46. The standard InChI is InChI=1S/C16H16ClN3OS/c1-8-15(22-9(2)19-8)16(21)20-11-3-4-14(20)12-5-10(17)7-18-13(12)6-11/h5,7,11,14H,3-4,6H2,1-2H3/t11-,14-/m0/s1. The number of amides is 1. The maximum absolute atomic E-state index is 13.0.